The molecule has 1 aliphatic carbocycles. The Balaban J connectivity index is 1.37. The average molecular weight is 374 g/mol. The van der Waals surface area contributed by atoms with Gasteiger partial charge in [0.1, 0.15) is 0 Å². The first-order valence-corrected chi connectivity index (χ1v) is 10.2. The molecule has 0 spiro atoms. The van der Waals surface area contributed by atoms with Crippen molar-refractivity contribution in [3.63, 3.8) is 0 Å². The lowest BCUT2D eigenvalue weighted by Crippen LogP contribution is -2.43. The molecular formula is C24H27N3O. The summed E-state index contributed by atoms with van der Waals surface area (Å²) in [6.45, 7) is 5.09. The maximum atomic E-state index is 12.5. The summed E-state index contributed by atoms with van der Waals surface area (Å²) in [5, 5.41) is 12.5. The topological polar surface area (TPSA) is 56.1 Å². The van der Waals surface area contributed by atoms with Gasteiger partial charge in [0.15, 0.2) is 0 Å². The zero-order chi connectivity index (χ0) is 19.7. The Morgan fingerprint density at radius 1 is 1.11 bits per heavy atom. The number of fused-ring (bicyclic) bond motifs is 1. The summed E-state index contributed by atoms with van der Waals surface area (Å²) in [5.41, 5.74) is 6.38. The molecule has 1 fully saturated rings. The first-order chi connectivity index (χ1) is 13.5. The molecule has 1 saturated carbocycles. The second kappa shape index (κ2) is 7.67. The molecule has 1 heterocycles. The molecular weight excluding hydrogens is 346 g/mol. The second-order valence-electron chi connectivity index (χ2n) is 8.20. The molecule has 1 aliphatic heterocycles. The maximum absolute atomic E-state index is 12.5. The average Bonchev–Trinajstić information content (AvgIpc) is 3.11. The predicted molar refractivity (Wildman–Crippen MR) is 112 cm³/mol. The SMILES string of the molecule is Cc1ccc(C(=O)NC2CCC(N3CCc4cc(C#N)c(C)cc43)CC2)cc1. The molecule has 0 atom stereocenters. The highest BCUT2D eigenvalue weighted by Gasteiger charge is 2.31. The zero-order valence-electron chi connectivity index (χ0n) is 16.7. The Morgan fingerprint density at radius 3 is 2.50 bits per heavy atom. The van der Waals surface area contributed by atoms with Crippen molar-refractivity contribution in [3.8, 4) is 6.07 Å². The lowest BCUT2D eigenvalue weighted by Gasteiger charge is -2.36. The van der Waals surface area contributed by atoms with Gasteiger partial charge in [-0.3, -0.25) is 4.79 Å². The van der Waals surface area contributed by atoms with Crippen LogP contribution in [-0.2, 0) is 6.42 Å². The third-order valence-electron chi connectivity index (χ3n) is 6.26. The normalized spacial score (nSPS) is 21.1. The number of carbonyl (C=O) groups is 1. The zero-order valence-corrected chi connectivity index (χ0v) is 16.7. The van der Waals surface area contributed by atoms with E-state index < -0.39 is 0 Å². The number of amides is 1. The quantitative estimate of drug-likeness (QED) is 0.874. The third-order valence-corrected chi connectivity index (χ3v) is 6.26. The maximum Gasteiger partial charge on any atom is 0.251 e. The van der Waals surface area contributed by atoms with Gasteiger partial charge in [0, 0.05) is 29.9 Å². The van der Waals surface area contributed by atoms with Crippen LogP contribution in [0.25, 0.3) is 0 Å². The molecule has 144 valence electrons. The molecule has 2 aromatic carbocycles. The number of nitriles is 1. The van der Waals surface area contributed by atoms with Crippen LogP contribution in [0.5, 0.6) is 0 Å². The van der Waals surface area contributed by atoms with Gasteiger partial charge >= 0.3 is 0 Å². The Kier molecular flexibility index (Phi) is 5.09. The minimum atomic E-state index is 0.0367. The van der Waals surface area contributed by atoms with Crippen LogP contribution in [0.1, 0.15) is 58.3 Å². The number of aryl methyl sites for hydroxylation is 2. The van der Waals surface area contributed by atoms with Crippen molar-refractivity contribution >= 4 is 11.6 Å². The van der Waals surface area contributed by atoms with Gasteiger partial charge in [-0.15, -0.1) is 0 Å². The highest BCUT2D eigenvalue weighted by molar-refractivity contribution is 5.94. The van der Waals surface area contributed by atoms with Gasteiger partial charge in [0.05, 0.1) is 11.6 Å². The van der Waals surface area contributed by atoms with Crippen LogP contribution in [0.15, 0.2) is 36.4 Å². The highest BCUT2D eigenvalue weighted by atomic mass is 16.1. The summed E-state index contributed by atoms with van der Waals surface area (Å²) in [4.78, 5) is 15.0. The molecule has 1 N–H and O–H groups in total. The fourth-order valence-corrected chi connectivity index (χ4v) is 4.57. The smallest absolute Gasteiger partial charge is 0.251 e. The van der Waals surface area contributed by atoms with Crippen LogP contribution in [0.3, 0.4) is 0 Å². The lowest BCUT2D eigenvalue weighted by atomic mass is 9.89. The number of nitrogens with zero attached hydrogens (tertiary/aromatic N) is 2. The van der Waals surface area contributed by atoms with Gasteiger partial charge in [0.2, 0.25) is 0 Å². The molecule has 2 aliphatic rings. The molecule has 4 rings (SSSR count). The molecule has 0 unspecified atom stereocenters. The Labute approximate surface area is 167 Å². The lowest BCUT2D eigenvalue weighted by molar-refractivity contribution is 0.0925. The largest absolute Gasteiger partial charge is 0.368 e. The van der Waals surface area contributed by atoms with Crippen molar-refractivity contribution in [1.29, 1.82) is 5.26 Å². The number of anilines is 1. The van der Waals surface area contributed by atoms with Crippen LogP contribution in [0, 0.1) is 25.2 Å². The number of rotatable bonds is 3. The highest BCUT2D eigenvalue weighted by Crippen LogP contribution is 2.36. The predicted octanol–water partition coefficient (Wildman–Crippen LogP) is 4.28. The van der Waals surface area contributed by atoms with Crippen LogP contribution in [-0.4, -0.2) is 24.5 Å². The van der Waals surface area contributed by atoms with Gasteiger partial charge in [0.25, 0.3) is 5.91 Å². The summed E-state index contributed by atoms with van der Waals surface area (Å²) in [6, 6.07) is 15.1. The van der Waals surface area contributed by atoms with Crippen molar-refractivity contribution in [2.24, 2.45) is 0 Å². The minimum absolute atomic E-state index is 0.0367. The summed E-state index contributed by atoms with van der Waals surface area (Å²) in [5.74, 6) is 0.0367. The van der Waals surface area contributed by atoms with E-state index in [4.69, 9.17) is 0 Å². The summed E-state index contributed by atoms with van der Waals surface area (Å²) in [7, 11) is 0. The number of carbonyl (C=O) groups excluding carboxylic acids is 1. The molecule has 28 heavy (non-hydrogen) atoms. The molecule has 4 heteroatoms. The van der Waals surface area contributed by atoms with E-state index in [2.05, 4.69) is 28.4 Å². The van der Waals surface area contributed by atoms with E-state index >= 15 is 0 Å². The Hall–Kier alpha value is -2.80. The van der Waals surface area contributed by atoms with Crippen LogP contribution >= 0.6 is 0 Å². The van der Waals surface area contributed by atoms with E-state index in [-0.39, 0.29) is 11.9 Å². The molecule has 0 bridgehead atoms. The molecule has 1 amide bonds. The van der Waals surface area contributed by atoms with E-state index in [0.29, 0.717) is 6.04 Å². The molecule has 0 aromatic heterocycles. The fraction of sp³-hybridized carbons (Fsp3) is 0.417. The molecule has 0 radical (unpaired) electrons. The molecule has 2 aromatic rings. The van der Waals surface area contributed by atoms with Crippen molar-refractivity contribution in [2.75, 3.05) is 11.4 Å². The number of nitrogens with one attached hydrogen (secondary N) is 1. The summed E-state index contributed by atoms with van der Waals surface area (Å²) >= 11 is 0. The minimum Gasteiger partial charge on any atom is -0.368 e. The van der Waals surface area contributed by atoms with Gasteiger partial charge in [-0.05, 0) is 81.3 Å². The Bertz CT molecular complexity index is 918. The van der Waals surface area contributed by atoms with E-state index in [1.54, 1.807) is 0 Å². The van der Waals surface area contributed by atoms with Crippen molar-refractivity contribution < 1.29 is 4.79 Å². The third kappa shape index (κ3) is 3.62. The van der Waals surface area contributed by atoms with Crippen LogP contribution in [0.2, 0.25) is 0 Å². The van der Waals surface area contributed by atoms with Crippen molar-refractivity contribution in [2.45, 2.75) is 58.0 Å². The molecule has 0 saturated heterocycles. The van der Waals surface area contributed by atoms with E-state index in [1.165, 1.54) is 16.8 Å². The first kappa shape index (κ1) is 18.6. The summed E-state index contributed by atoms with van der Waals surface area (Å²) < 4.78 is 0. The Morgan fingerprint density at radius 2 is 1.82 bits per heavy atom. The number of hydrogen-bond donors (Lipinski definition) is 1. The van der Waals surface area contributed by atoms with Gasteiger partial charge in [-0.1, -0.05) is 17.7 Å². The number of benzene rings is 2. The number of hydrogen-bond acceptors (Lipinski definition) is 3. The van der Waals surface area contributed by atoms with E-state index in [1.807, 2.05) is 38.1 Å². The second-order valence-corrected chi connectivity index (χ2v) is 8.20. The van der Waals surface area contributed by atoms with E-state index in [0.717, 1.165) is 55.3 Å². The standard InChI is InChI=1S/C24H27N3O/c1-16-3-5-18(6-4-16)24(28)26-21-7-9-22(10-8-21)27-12-11-19-14-20(15-25)17(2)13-23(19)27/h3-6,13-14,21-22H,7-12H2,1-2H3,(H,26,28). The molecule has 4 nitrogen and oxygen atoms in total. The fourth-order valence-electron chi connectivity index (χ4n) is 4.57. The van der Waals surface area contributed by atoms with E-state index in [9.17, 15) is 10.1 Å². The van der Waals surface area contributed by atoms with Crippen molar-refractivity contribution in [3.05, 3.63) is 64.2 Å². The van der Waals surface area contributed by atoms with Crippen molar-refractivity contribution in [1.82, 2.24) is 5.32 Å². The van der Waals surface area contributed by atoms with Crippen LogP contribution < -0.4 is 10.2 Å². The van der Waals surface area contributed by atoms with Crippen LogP contribution in [0.4, 0.5) is 5.69 Å². The summed E-state index contributed by atoms with van der Waals surface area (Å²) in [6.07, 6.45) is 5.25. The monoisotopic (exact) mass is 373 g/mol. The van der Waals surface area contributed by atoms with Gasteiger partial charge in [-0.25, -0.2) is 0 Å². The van der Waals surface area contributed by atoms with Gasteiger partial charge in [-0.2, -0.15) is 5.26 Å². The van der Waals surface area contributed by atoms with Gasteiger partial charge < -0.3 is 10.2 Å². The first-order valence-electron chi connectivity index (χ1n) is 10.2.